The Morgan fingerprint density at radius 2 is 1.70 bits per heavy atom. The van der Waals surface area contributed by atoms with Crippen LogP contribution in [0.25, 0.3) is 0 Å². The summed E-state index contributed by atoms with van der Waals surface area (Å²) in [6.45, 7) is 5.78. The van der Waals surface area contributed by atoms with E-state index in [2.05, 4.69) is 0 Å². The van der Waals surface area contributed by atoms with Crippen LogP contribution in [0.1, 0.15) is 38.3 Å². The van der Waals surface area contributed by atoms with E-state index in [0.29, 0.717) is 18.6 Å². The Labute approximate surface area is 116 Å². The van der Waals surface area contributed by atoms with Gasteiger partial charge in [0.15, 0.2) is 5.78 Å². The van der Waals surface area contributed by atoms with Crippen molar-refractivity contribution in [3.63, 3.8) is 0 Å². The molecule has 0 radical (unpaired) electrons. The normalized spacial score (nSPS) is 14.9. The van der Waals surface area contributed by atoms with Crippen LogP contribution in [0.2, 0.25) is 0 Å². The third-order valence-electron chi connectivity index (χ3n) is 3.37. The van der Waals surface area contributed by atoms with Crippen molar-refractivity contribution in [2.45, 2.75) is 45.4 Å². The molecule has 0 saturated heterocycles. The van der Waals surface area contributed by atoms with E-state index in [0.717, 1.165) is 12.1 Å². The molecule has 2 nitrogen and oxygen atoms in total. The van der Waals surface area contributed by atoms with Crippen LogP contribution in [0.3, 0.4) is 0 Å². The number of alkyl halides is 3. The maximum absolute atomic E-state index is 12.4. The first-order valence-corrected chi connectivity index (χ1v) is 6.56. The quantitative estimate of drug-likeness (QED) is 0.790. The molecule has 0 amide bonds. The fourth-order valence-corrected chi connectivity index (χ4v) is 1.88. The third kappa shape index (κ3) is 4.07. The molecule has 0 aliphatic rings. The Balaban J connectivity index is 2.81. The molecule has 0 heterocycles. The zero-order chi connectivity index (χ0) is 15.4. The number of Topliss-reactive ketones (excluding diaryl/α,β-unsaturated/α-hetero) is 1. The highest BCUT2D eigenvalue weighted by Gasteiger charge is 2.32. The highest BCUT2D eigenvalue weighted by atomic mass is 19.4. The third-order valence-corrected chi connectivity index (χ3v) is 3.37. The molecule has 0 aliphatic heterocycles. The summed E-state index contributed by atoms with van der Waals surface area (Å²) in [6.07, 6.45) is -3.76. The molecule has 0 N–H and O–H groups in total. The van der Waals surface area contributed by atoms with Gasteiger partial charge in [0.2, 0.25) is 0 Å². The number of carbonyl (C=O) groups is 1. The van der Waals surface area contributed by atoms with Crippen molar-refractivity contribution >= 4 is 5.78 Å². The van der Waals surface area contributed by atoms with E-state index in [9.17, 15) is 18.0 Å². The van der Waals surface area contributed by atoms with Crippen LogP contribution in [0.4, 0.5) is 13.2 Å². The Hall–Kier alpha value is -1.36. The molecule has 0 aromatic heterocycles. The van der Waals surface area contributed by atoms with Gasteiger partial charge in [0.05, 0.1) is 5.56 Å². The van der Waals surface area contributed by atoms with Gasteiger partial charge in [0.25, 0.3) is 0 Å². The van der Waals surface area contributed by atoms with Crippen LogP contribution in [-0.2, 0) is 22.1 Å². The van der Waals surface area contributed by atoms with E-state index in [1.807, 2.05) is 6.92 Å². The molecule has 0 bridgehead atoms. The van der Waals surface area contributed by atoms with Gasteiger partial charge in [-0.2, -0.15) is 13.2 Å². The zero-order valence-electron chi connectivity index (χ0n) is 11.9. The molecule has 1 aromatic carbocycles. The predicted molar refractivity (Wildman–Crippen MR) is 70.5 cm³/mol. The van der Waals surface area contributed by atoms with Gasteiger partial charge in [-0.15, -0.1) is 0 Å². The maximum atomic E-state index is 12.4. The minimum absolute atomic E-state index is 0.0719. The molecular formula is C15H19F3O2. The minimum Gasteiger partial charge on any atom is -0.368 e. The first kappa shape index (κ1) is 16.7. The molecule has 1 unspecified atom stereocenters. The summed E-state index contributed by atoms with van der Waals surface area (Å²) in [5.74, 6) is -0.124. The van der Waals surface area contributed by atoms with Crippen LogP contribution in [0, 0.1) is 0 Å². The summed E-state index contributed by atoms with van der Waals surface area (Å²) >= 11 is 0. The first-order valence-electron chi connectivity index (χ1n) is 6.56. The van der Waals surface area contributed by atoms with E-state index in [4.69, 9.17) is 4.74 Å². The smallest absolute Gasteiger partial charge is 0.368 e. The second-order valence-electron chi connectivity index (χ2n) is 4.81. The molecule has 1 aromatic rings. The number of halogens is 3. The molecule has 0 fully saturated rings. The Morgan fingerprint density at radius 3 is 2.10 bits per heavy atom. The monoisotopic (exact) mass is 288 g/mol. The fraction of sp³-hybridized carbons (Fsp3) is 0.533. The summed E-state index contributed by atoms with van der Waals surface area (Å²) < 4.78 is 42.8. The molecule has 1 rings (SSSR count). The van der Waals surface area contributed by atoms with Gasteiger partial charge in [-0.25, -0.2) is 0 Å². The van der Waals surface area contributed by atoms with Crippen molar-refractivity contribution in [2.75, 3.05) is 6.61 Å². The van der Waals surface area contributed by atoms with Crippen LogP contribution < -0.4 is 0 Å². The van der Waals surface area contributed by atoms with Gasteiger partial charge in [-0.1, -0.05) is 19.1 Å². The van der Waals surface area contributed by atoms with Gasteiger partial charge < -0.3 is 4.74 Å². The lowest BCUT2D eigenvalue weighted by Crippen LogP contribution is -2.39. The molecule has 0 aliphatic carbocycles. The Morgan fingerprint density at radius 1 is 1.15 bits per heavy atom. The average Bonchev–Trinajstić information content (AvgIpc) is 2.38. The molecule has 112 valence electrons. The van der Waals surface area contributed by atoms with Crippen molar-refractivity contribution < 1.29 is 22.7 Å². The van der Waals surface area contributed by atoms with E-state index < -0.39 is 17.3 Å². The summed E-state index contributed by atoms with van der Waals surface area (Å²) in [5.41, 5.74) is -1.03. The van der Waals surface area contributed by atoms with Crippen molar-refractivity contribution in [3.05, 3.63) is 35.4 Å². The van der Waals surface area contributed by atoms with E-state index in [1.165, 1.54) is 12.1 Å². The number of hydrogen-bond donors (Lipinski definition) is 0. The molecule has 0 spiro atoms. The number of ketones is 1. The van der Waals surface area contributed by atoms with Gasteiger partial charge >= 0.3 is 6.18 Å². The highest BCUT2D eigenvalue weighted by molar-refractivity contribution is 5.88. The average molecular weight is 288 g/mol. The topological polar surface area (TPSA) is 26.3 Å². The number of rotatable bonds is 6. The minimum atomic E-state index is -4.36. The summed E-state index contributed by atoms with van der Waals surface area (Å²) in [6, 6.07) is 4.66. The van der Waals surface area contributed by atoms with Crippen molar-refractivity contribution in [3.8, 4) is 0 Å². The molecule has 1 atom stereocenters. The van der Waals surface area contributed by atoms with Crippen LogP contribution in [-0.4, -0.2) is 18.0 Å². The van der Waals surface area contributed by atoms with E-state index in [1.54, 1.807) is 13.8 Å². The lowest BCUT2D eigenvalue weighted by atomic mass is 9.92. The largest absolute Gasteiger partial charge is 0.416 e. The van der Waals surface area contributed by atoms with Crippen molar-refractivity contribution in [1.82, 2.24) is 0 Å². The lowest BCUT2D eigenvalue weighted by Gasteiger charge is -2.26. The van der Waals surface area contributed by atoms with Gasteiger partial charge in [-0.3, -0.25) is 4.79 Å². The van der Waals surface area contributed by atoms with Crippen LogP contribution in [0.5, 0.6) is 0 Å². The number of carbonyl (C=O) groups excluding carboxylic acids is 1. The second-order valence-corrected chi connectivity index (χ2v) is 4.81. The lowest BCUT2D eigenvalue weighted by molar-refractivity contribution is -0.141. The van der Waals surface area contributed by atoms with Crippen LogP contribution in [0.15, 0.2) is 24.3 Å². The van der Waals surface area contributed by atoms with Crippen molar-refractivity contribution in [2.24, 2.45) is 0 Å². The maximum Gasteiger partial charge on any atom is 0.416 e. The summed E-state index contributed by atoms with van der Waals surface area (Å²) in [7, 11) is 0. The number of benzene rings is 1. The predicted octanol–water partition coefficient (Wildman–Crippen LogP) is 4.02. The summed E-state index contributed by atoms with van der Waals surface area (Å²) in [5, 5.41) is 0. The van der Waals surface area contributed by atoms with Crippen molar-refractivity contribution in [1.29, 1.82) is 0 Å². The SMILES string of the molecule is CCOC(C)(CC)C(=O)Cc1ccc(C(F)(F)F)cc1. The Bertz CT molecular complexity index is 451. The van der Waals surface area contributed by atoms with E-state index in [-0.39, 0.29) is 12.2 Å². The summed E-state index contributed by atoms with van der Waals surface area (Å²) in [4.78, 5) is 12.2. The fourth-order valence-electron chi connectivity index (χ4n) is 1.88. The molecule has 0 saturated carbocycles. The number of hydrogen-bond acceptors (Lipinski definition) is 2. The van der Waals surface area contributed by atoms with Gasteiger partial charge in [-0.05, 0) is 38.0 Å². The molecule has 20 heavy (non-hydrogen) atoms. The molecule has 5 heteroatoms. The highest BCUT2D eigenvalue weighted by Crippen LogP contribution is 2.29. The second kappa shape index (κ2) is 6.39. The Kier molecular flexibility index (Phi) is 5.34. The molecular weight excluding hydrogens is 269 g/mol. The number of ether oxygens (including phenoxy) is 1. The first-order chi connectivity index (χ1) is 9.23. The zero-order valence-corrected chi connectivity index (χ0v) is 11.9. The van der Waals surface area contributed by atoms with Crippen LogP contribution >= 0.6 is 0 Å². The van der Waals surface area contributed by atoms with Gasteiger partial charge in [0.1, 0.15) is 5.60 Å². The van der Waals surface area contributed by atoms with E-state index >= 15 is 0 Å². The van der Waals surface area contributed by atoms with Gasteiger partial charge in [0, 0.05) is 13.0 Å². The standard InChI is InChI=1S/C15H19F3O2/c1-4-14(3,20-5-2)13(19)10-11-6-8-12(9-7-11)15(16,17)18/h6-9H,4-5,10H2,1-3H3.